The fourth-order valence-corrected chi connectivity index (χ4v) is 2.68. The fourth-order valence-electron chi connectivity index (χ4n) is 2.68. The molecule has 0 aliphatic carbocycles. The van der Waals surface area contributed by atoms with Crippen molar-refractivity contribution in [3.8, 4) is 0 Å². The normalized spacial score (nSPS) is 19.2. The van der Waals surface area contributed by atoms with Crippen LogP contribution in [0.25, 0.3) is 10.9 Å². The van der Waals surface area contributed by atoms with Crippen molar-refractivity contribution in [2.75, 3.05) is 18.0 Å². The molecule has 1 aliphatic rings. The van der Waals surface area contributed by atoms with Gasteiger partial charge in [0.15, 0.2) is 0 Å². The summed E-state index contributed by atoms with van der Waals surface area (Å²) in [5.74, 6) is -0.975. The Kier molecular flexibility index (Phi) is 3.26. The molecule has 0 spiro atoms. The van der Waals surface area contributed by atoms with E-state index in [0.717, 1.165) is 18.7 Å². The lowest BCUT2D eigenvalue weighted by atomic mass is 10.1. The van der Waals surface area contributed by atoms with E-state index in [1.165, 1.54) is 12.3 Å². The van der Waals surface area contributed by atoms with Crippen molar-refractivity contribution >= 4 is 22.6 Å². The summed E-state index contributed by atoms with van der Waals surface area (Å²) in [4.78, 5) is 17.4. The number of piperidine rings is 1. The predicted molar refractivity (Wildman–Crippen MR) is 75.0 cm³/mol. The number of carbonyl (C=O) groups is 1. The molecule has 0 bridgehead atoms. The molecule has 1 aliphatic heterocycles. The topological polar surface area (TPSA) is 53.4 Å². The maximum absolute atomic E-state index is 13.5. The molecule has 2 aromatic rings. The van der Waals surface area contributed by atoms with E-state index in [2.05, 4.69) is 4.98 Å². The number of halogens is 1. The molecule has 1 aromatic heterocycles. The number of aromatic carboxylic acids is 1. The summed E-state index contributed by atoms with van der Waals surface area (Å²) in [6.07, 6.45) is 2.10. The number of aromatic nitrogens is 1. The third-order valence-corrected chi connectivity index (χ3v) is 3.68. The molecule has 0 radical (unpaired) electrons. The molecular weight excluding hydrogens is 259 g/mol. The second kappa shape index (κ2) is 5.07. The van der Waals surface area contributed by atoms with Gasteiger partial charge in [0.1, 0.15) is 6.17 Å². The zero-order chi connectivity index (χ0) is 14.1. The van der Waals surface area contributed by atoms with Gasteiger partial charge in [0.2, 0.25) is 0 Å². The highest BCUT2D eigenvalue weighted by molar-refractivity contribution is 6.03. The monoisotopic (exact) mass is 274 g/mol. The second-order valence-electron chi connectivity index (χ2n) is 5.05. The number of carboxylic acid groups (broad SMARTS) is 1. The summed E-state index contributed by atoms with van der Waals surface area (Å²) in [6.45, 7) is 1.17. The molecule has 20 heavy (non-hydrogen) atoms. The van der Waals surface area contributed by atoms with E-state index >= 15 is 0 Å². The van der Waals surface area contributed by atoms with Crippen LogP contribution in [0.3, 0.4) is 0 Å². The van der Waals surface area contributed by atoms with E-state index in [0.29, 0.717) is 23.9 Å². The van der Waals surface area contributed by atoms with E-state index in [9.17, 15) is 14.3 Å². The first-order valence-corrected chi connectivity index (χ1v) is 6.66. The highest BCUT2D eigenvalue weighted by Gasteiger charge is 2.20. The van der Waals surface area contributed by atoms with Gasteiger partial charge in [0.05, 0.1) is 11.1 Å². The first kappa shape index (κ1) is 12.8. The van der Waals surface area contributed by atoms with Crippen LogP contribution in [0.15, 0.2) is 30.5 Å². The van der Waals surface area contributed by atoms with Gasteiger partial charge in [0.25, 0.3) is 0 Å². The molecule has 3 rings (SSSR count). The zero-order valence-corrected chi connectivity index (χ0v) is 10.9. The molecule has 5 heteroatoms. The summed E-state index contributed by atoms with van der Waals surface area (Å²) in [6, 6.07) is 6.95. The molecule has 0 unspecified atom stereocenters. The van der Waals surface area contributed by atoms with Crippen LogP contribution in [0.5, 0.6) is 0 Å². The lowest BCUT2D eigenvalue weighted by Crippen LogP contribution is -2.36. The minimum absolute atomic E-state index is 0.227. The number of anilines is 1. The quantitative estimate of drug-likeness (QED) is 0.915. The van der Waals surface area contributed by atoms with E-state index in [1.54, 1.807) is 12.1 Å². The first-order chi connectivity index (χ1) is 9.65. The smallest absolute Gasteiger partial charge is 0.336 e. The van der Waals surface area contributed by atoms with Gasteiger partial charge in [0, 0.05) is 30.4 Å². The van der Waals surface area contributed by atoms with Crippen molar-refractivity contribution in [1.29, 1.82) is 0 Å². The van der Waals surface area contributed by atoms with Gasteiger partial charge >= 0.3 is 5.97 Å². The van der Waals surface area contributed by atoms with Crippen LogP contribution in [-0.4, -0.2) is 35.3 Å². The number of benzene rings is 1. The average Bonchev–Trinajstić information content (AvgIpc) is 2.46. The molecule has 1 N–H and O–H groups in total. The van der Waals surface area contributed by atoms with Gasteiger partial charge < -0.3 is 10.0 Å². The lowest BCUT2D eigenvalue weighted by Gasteiger charge is -2.31. The lowest BCUT2D eigenvalue weighted by molar-refractivity contribution is 0.0699. The number of hydrogen-bond acceptors (Lipinski definition) is 3. The number of nitrogens with zero attached hydrogens (tertiary/aromatic N) is 2. The Morgan fingerprint density at radius 1 is 1.40 bits per heavy atom. The SMILES string of the molecule is O=C(O)c1ccnc2ccc(N3CCC[C@@H](F)C3)cc12. The Morgan fingerprint density at radius 2 is 2.25 bits per heavy atom. The van der Waals surface area contributed by atoms with Crippen molar-refractivity contribution in [2.24, 2.45) is 0 Å². The van der Waals surface area contributed by atoms with Gasteiger partial charge in [-0.2, -0.15) is 0 Å². The standard InChI is InChI=1S/C15H15FN2O2/c16-10-2-1-7-18(9-10)11-3-4-14-13(8-11)12(15(19)20)5-6-17-14/h3-6,8,10H,1-2,7,9H2,(H,19,20)/t10-/m1/s1. The number of hydrogen-bond donors (Lipinski definition) is 1. The molecule has 1 saturated heterocycles. The van der Waals surface area contributed by atoms with Crippen molar-refractivity contribution in [1.82, 2.24) is 4.98 Å². The maximum atomic E-state index is 13.5. The van der Waals surface area contributed by atoms with E-state index in [-0.39, 0.29) is 5.56 Å². The molecule has 0 amide bonds. The average molecular weight is 274 g/mol. The first-order valence-electron chi connectivity index (χ1n) is 6.66. The Labute approximate surface area is 115 Å². The molecule has 4 nitrogen and oxygen atoms in total. The molecule has 1 fully saturated rings. The van der Waals surface area contributed by atoms with Crippen LogP contribution in [0, 0.1) is 0 Å². The summed E-state index contributed by atoms with van der Waals surface area (Å²) in [5, 5.41) is 9.82. The van der Waals surface area contributed by atoms with Gasteiger partial charge in [-0.3, -0.25) is 4.98 Å². The minimum Gasteiger partial charge on any atom is -0.478 e. The summed E-state index contributed by atoms with van der Waals surface area (Å²) < 4.78 is 13.5. The van der Waals surface area contributed by atoms with Crippen LogP contribution in [-0.2, 0) is 0 Å². The number of carboxylic acids is 1. The number of alkyl halides is 1. The fraction of sp³-hybridized carbons (Fsp3) is 0.333. The minimum atomic E-state index is -0.975. The third kappa shape index (κ3) is 2.31. The van der Waals surface area contributed by atoms with Crippen molar-refractivity contribution < 1.29 is 14.3 Å². The van der Waals surface area contributed by atoms with Gasteiger partial charge in [-0.25, -0.2) is 9.18 Å². The highest BCUT2D eigenvalue weighted by atomic mass is 19.1. The van der Waals surface area contributed by atoms with Crippen LogP contribution in [0.1, 0.15) is 23.2 Å². The molecule has 1 atom stereocenters. The Hall–Kier alpha value is -2.17. The summed E-state index contributed by atoms with van der Waals surface area (Å²) in [7, 11) is 0. The number of fused-ring (bicyclic) bond motifs is 1. The molecular formula is C15H15FN2O2. The van der Waals surface area contributed by atoms with Crippen LogP contribution < -0.4 is 4.90 Å². The third-order valence-electron chi connectivity index (χ3n) is 3.68. The maximum Gasteiger partial charge on any atom is 0.336 e. The van der Waals surface area contributed by atoms with Gasteiger partial charge in [-0.15, -0.1) is 0 Å². The Bertz CT molecular complexity index is 659. The largest absolute Gasteiger partial charge is 0.478 e. The number of pyridine rings is 1. The predicted octanol–water partition coefficient (Wildman–Crippen LogP) is 2.87. The summed E-state index contributed by atoms with van der Waals surface area (Å²) in [5.41, 5.74) is 1.73. The molecule has 0 saturated carbocycles. The Morgan fingerprint density at radius 3 is 3.00 bits per heavy atom. The van der Waals surface area contributed by atoms with Gasteiger partial charge in [-0.05, 0) is 37.1 Å². The van der Waals surface area contributed by atoms with E-state index < -0.39 is 12.1 Å². The van der Waals surface area contributed by atoms with Crippen LogP contribution in [0.2, 0.25) is 0 Å². The zero-order valence-electron chi connectivity index (χ0n) is 10.9. The van der Waals surface area contributed by atoms with Crippen molar-refractivity contribution in [2.45, 2.75) is 19.0 Å². The van der Waals surface area contributed by atoms with E-state index in [4.69, 9.17) is 0 Å². The molecule has 104 valence electrons. The van der Waals surface area contributed by atoms with Crippen LogP contribution in [0.4, 0.5) is 10.1 Å². The van der Waals surface area contributed by atoms with Crippen molar-refractivity contribution in [3.05, 3.63) is 36.0 Å². The van der Waals surface area contributed by atoms with Gasteiger partial charge in [-0.1, -0.05) is 0 Å². The highest BCUT2D eigenvalue weighted by Crippen LogP contribution is 2.26. The molecule has 1 aromatic carbocycles. The number of rotatable bonds is 2. The summed E-state index contributed by atoms with van der Waals surface area (Å²) >= 11 is 0. The Balaban J connectivity index is 2.05. The second-order valence-corrected chi connectivity index (χ2v) is 5.05. The van der Waals surface area contributed by atoms with E-state index in [1.807, 2.05) is 11.0 Å². The van der Waals surface area contributed by atoms with Crippen LogP contribution >= 0.6 is 0 Å². The van der Waals surface area contributed by atoms with Crippen molar-refractivity contribution in [3.63, 3.8) is 0 Å². The molecule has 2 heterocycles.